The molecular formula is C7H12O2. The summed E-state index contributed by atoms with van der Waals surface area (Å²) in [6.07, 6.45) is 1.76. The molecule has 0 aromatic rings. The predicted molar refractivity (Wildman–Crippen MR) is 34.0 cm³/mol. The van der Waals surface area contributed by atoms with Gasteiger partial charge in [-0.15, -0.1) is 0 Å². The Kier molecular flexibility index (Phi) is 1.74. The highest BCUT2D eigenvalue weighted by Gasteiger charge is 2.21. The van der Waals surface area contributed by atoms with Crippen molar-refractivity contribution in [2.75, 3.05) is 0 Å². The Balaban J connectivity index is 2.43. The van der Waals surface area contributed by atoms with Crippen LogP contribution in [0.1, 0.15) is 26.7 Å². The molecule has 1 fully saturated rings. The SMILES string of the molecule is C[C@H]1CC(=O)O[C@@H](C)C1. The fourth-order valence-electron chi connectivity index (χ4n) is 1.26. The van der Waals surface area contributed by atoms with Crippen LogP contribution in [0, 0.1) is 5.92 Å². The number of carbonyl (C=O) groups excluding carboxylic acids is 1. The quantitative estimate of drug-likeness (QED) is 0.460. The van der Waals surface area contributed by atoms with Crippen molar-refractivity contribution in [3.8, 4) is 0 Å². The fourth-order valence-corrected chi connectivity index (χ4v) is 1.26. The molecule has 0 aliphatic carbocycles. The molecule has 1 aliphatic rings. The van der Waals surface area contributed by atoms with Gasteiger partial charge >= 0.3 is 5.97 Å². The number of rotatable bonds is 0. The van der Waals surface area contributed by atoms with Crippen molar-refractivity contribution in [2.24, 2.45) is 5.92 Å². The lowest BCUT2D eigenvalue weighted by Crippen LogP contribution is -2.25. The smallest absolute Gasteiger partial charge is 0.306 e. The lowest BCUT2D eigenvalue weighted by atomic mass is 9.98. The molecular weight excluding hydrogens is 116 g/mol. The van der Waals surface area contributed by atoms with E-state index >= 15 is 0 Å². The van der Waals surface area contributed by atoms with Crippen LogP contribution in [-0.4, -0.2) is 12.1 Å². The van der Waals surface area contributed by atoms with Gasteiger partial charge in [0.15, 0.2) is 0 Å². The lowest BCUT2D eigenvalue weighted by Gasteiger charge is -2.23. The summed E-state index contributed by atoms with van der Waals surface area (Å²) in [4.78, 5) is 10.7. The maximum atomic E-state index is 10.7. The largest absolute Gasteiger partial charge is 0.463 e. The van der Waals surface area contributed by atoms with Crippen LogP contribution in [0.3, 0.4) is 0 Å². The summed E-state index contributed by atoms with van der Waals surface area (Å²) in [5.74, 6) is 0.475. The van der Waals surface area contributed by atoms with Crippen LogP contribution in [0.5, 0.6) is 0 Å². The van der Waals surface area contributed by atoms with Gasteiger partial charge in [0, 0.05) is 6.42 Å². The van der Waals surface area contributed by atoms with E-state index in [0.717, 1.165) is 6.42 Å². The molecule has 0 spiro atoms. The van der Waals surface area contributed by atoms with Gasteiger partial charge in [0.2, 0.25) is 0 Å². The summed E-state index contributed by atoms with van der Waals surface area (Å²) in [5.41, 5.74) is 0. The van der Waals surface area contributed by atoms with Crippen molar-refractivity contribution >= 4 is 5.97 Å². The first-order chi connectivity index (χ1) is 4.18. The van der Waals surface area contributed by atoms with Gasteiger partial charge in [-0.3, -0.25) is 4.79 Å². The Bertz CT molecular complexity index is 108. The second-order valence-electron chi connectivity index (χ2n) is 2.85. The molecule has 0 radical (unpaired) electrons. The van der Waals surface area contributed by atoms with Gasteiger partial charge in [-0.1, -0.05) is 6.92 Å². The summed E-state index contributed by atoms with van der Waals surface area (Å²) in [5, 5.41) is 0. The molecule has 1 aliphatic heterocycles. The second kappa shape index (κ2) is 2.38. The van der Waals surface area contributed by atoms with Crippen molar-refractivity contribution in [1.82, 2.24) is 0 Å². The minimum absolute atomic E-state index is 0.0405. The van der Waals surface area contributed by atoms with Crippen LogP contribution in [-0.2, 0) is 9.53 Å². The Morgan fingerprint density at radius 3 is 2.67 bits per heavy atom. The van der Waals surface area contributed by atoms with Gasteiger partial charge in [-0.05, 0) is 19.3 Å². The Hall–Kier alpha value is -0.530. The van der Waals surface area contributed by atoms with Crippen molar-refractivity contribution in [3.63, 3.8) is 0 Å². The first-order valence-corrected chi connectivity index (χ1v) is 3.38. The minimum atomic E-state index is -0.0405. The number of esters is 1. The fraction of sp³-hybridized carbons (Fsp3) is 0.857. The zero-order valence-corrected chi connectivity index (χ0v) is 5.89. The summed E-state index contributed by atoms with van der Waals surface area (Å²) >= 11 is 0. The van der Waals surface area contributed by atoms with Crippen LogP contribution in [0.4, 0.5) is 0 Å². The molecule has 9 heavy (non-hydrogen) atoms. The predicted octanol–water partition coefficient (Wildman–Crippen LogP) is 1.35. The van der Waals surface area contributed by atoms with Gasteiger partial charge in [-0.25, -0.2) is 0 Å². The van der Waals surface area contributed by atoms with Crippen molar-refractivity contribution in [1.29, 1.82) is 0 Å². The molecule has 2 heteroatoms. The van der Waals surface area contributed by atoms with Crippen LogP contribution in [0.25, 0.3) is 0 Å². The first-order valence-electron chi connectivity index (χ1n) is 3.38. The Morgan fingerprint density at radius 1 is 1.56 bits per heavy atom. The van der Waals surface area contributed by atoms with E-state index in [2.05, 4.69) is 6.92 Å². The zero-order chi connectivity index (χ0) is 6.85. The van der Waals surface area contributed by atoms with Gasteiger partial charge in [0.1, 0.15) is 0 Å². The Morgan fingerprint density at radius 2 is 2.22 bits per heavy atom. The molecule has 0 bridgehead atoms. The van der Waals surface area contributed by atoms with E-state index in [9.17, 15) is 4.79 Å². The van der Waals surface area contributed by atoms with E-state index < -0.39 is 0 Å². The van der Waals surface area contributed by atoms with E-state index in [1.165, 1.54) is 0 Å². The second-order valence-corrected chi connectivity index (χ2v) is 2.85. The highest BCUT2D eigenvalue weighted by Crippen LogP contribution is 2.19. The molecule has 1 rings (SSSR count). The van der Waals surface area contributed by atoms with Crippen molar-refractivity contribution < 1.29 is 9.53 Å². The lowest BCUT2D eigenvalue weighted by molar-refractivity contribution is -0.155. The number of ether oxygens (including phenoxy) is 1. The third kappa shape index (κ3) is 1.70. The first kappa shape index (κ1) is 6.59. The Labute approximate surface area is 55.2 Å². The molecule has 2 nitrogen and oxygen atoms in total. The highest BCUT2D eigenvalue weighted by atomic mass is 16.5. The normalized spacial score (nSPS) is 36.0. The van der Waals surface area contributed by atoms with E-state index in [4.69, 9.17) is 4.74 Å². The third-order valence-electron chi connectivity index (χ3n) is 1.58. The summed E-state index contributed by atoms with van der Waals surface area (Å²) in [7, 11) is 0. The van der Waals surface area contributed by atoms with E-state index in [1.807, 2.05) is 6.92 Å². The minimum Gasteiger partial charge on any atom is -0.463 e. The molecule has 1 heterocycles. The standard InChI is InChI=1S/C7H12O2/c1-5-3-6(2)9-7(8)4-5/h5-6H,3-4H2,1-2H3/t5-,6+/m1/s1. The molecule has 0 aromatic heterocycles. The summed E-state index contributed by atoms with van der Waals surface area (Å²) < 4.78 is 4.92. The number of cyclic esters (lactones) is 1. The average molecular weight is 128 g/mol. The topological polar surface area (TPSA) is 26.3 Å². The number of carbonyl (C=O) groups is 1. The molecule has 1 saturated heterocycles. The van der Waals surface area contributed by atoms with Crippen LogP contribution < -0.4 is 0 Å². The van der Waals surface area contributed by atoms with Gasteiger partial charge in [-0.2, -0.15) is 0 Å². The summed E-state index contributed by atoms with van der Waals surface area (Å²) in [6.45, 7) is 4.02. The van der Waals surface area contributed by atoms with Gasteiger partial charge in [0.05, 0.1) is 6.10 Å². The summed E-state index contributed by atoms with van der Waals surface area (Å²) in [6, 6.07) is 0. The van der Waals surface area contributed by atoms with E-state index in [1.54, 1.807) is 0 Å². The van der Waals surface area contributed by atoms with Crippen molar-refractivity contribution in [3.05, 3.63) is 0 Å². The van der Waals surface area contributed by atoms with Crippen LogP contribution in [0.2, 0.25) is 0 Å². The maximum Gasteiger partial charge on any atom is 0.306 e. The van der Waals surface area contributed by atoms with Crippen LogP contribution in [0.15, 0.2) is 0 Å². The molecule has 0 saturated carbocycles. The molecule has 52 valence electrons. The third-order valence-corrected chi connectivity index (χ3v) is 1.58. The molecule has 0 N–H and O–H groups in total. The van der Waals surface area contributed by atoms with Crippen LogP contribution >= 0.6 is 0 Å². The van der Waals surface area contributed by atoms with Crippen molar-refractivity contribution in [2.45, 2.75) is 32.8 Å². The maximum absolute atomic E-state index is 10.7. The molecule has 0 amide bonds. The zero-order valence-electron chi connectivity index (χ0n) is 5.89. The molecule has 0 aromatic carbocycles. The van der Waals surface area contributed by atoms with Gasteiger partial charge < -0.3 is 4.74 Å². The average Bonchev–Trinajstić information content (AvgIpc) is 1.59. The number of hydrogen-bond donors (Lipinski definition) is 0. The number of hydrogen-bond acceptors (Lipinski definition) is 2. The van der Waals surface area contributed by atoms with Gasteiger partial charge in [0.25, 0.3) is 0 Å². The molecule has 2 atom stereocenters. The van der Waals surface area contributed by atoms with E-state index in [0.29, 0.717) is 12.3 Å². The highest BCUT2D eigenvalue weighted by molar-refractivity contribution is 5.70. The monoisotopic (exact) mass is 128 g/mol. The van der Waals surface area contributed by atoms with E-state index in [-0.39, 0.29) is 12.1 Å². The molecule has 0 unspecified atom stereocenters.